The minimum atomic E-state index is -0.125. The molecule has 1 aliphatic heterocycles. The molecule has 0 spiro atoms. The second-order valence-corrected chi connectivity index (χ2v) is 5.65. The number of aromatic amines is 1. The lowest BCUT2D eigenvalue weighted by Crippen LogP contribution is -2.29. The number of aromatic nitrogens is 3. The van der Waals surface area contributed by atoms with Crippen LogP contribution in [0.1, 0.15) is 44.2 Å². The Labute approximate surface area is 128 Å². The Morgan fingerprint density at radius 3 is 3.14 bits per heavy atom. The lowest BCUT2D eigenvalue weighted by atomic mass is 10.1. The SMILES string of the molecule is CCCC(=O)OC[C@@H]1CC[C@H](c2c[nH]c3c(N)ncnc23)N1. The molecule has 0 aliphatic carbocycles. The number of hydrogen-bond donors (Lipinski definition) is 3. The molecule has 1 fully saturated rings. The second kappa shape index (κ2) is 6.31. The van der Waals surface area contributed by atoms with Crippen LogP contribution in [0.5, 0.6) is 0 Å². The molecule has 4 N–H and O–H groups in total. The van der Waals surface area contributed by atoms with E-state index >= 15 is 0 Å². The van der Waals surface area contributed by atoms with Gasteiger partial charge in [-0.05, 0) is 19.3 Å². The summed E-state index contributed by atoms with van der Waals surface area (Å²) in [5.74, 6) is 0.333. The van der Waals surface area contributed by atoms with Crippen molar-refractivity contribution < 1.29 is 9.53 Å². The second-order valence-electron chi connectivity index (χ2n) is 5.65. The van der Waals surface area contributed by atoms with E-state index in [1.807, 2.05) is 13.1 Å². The Balaban J connectivity index is 1.64. The molecule has 118 valence electrons. The summed E-state index contributed by atoms with van der Waals surface area (Å²) in [6, 6.07) is 0.382. The van der Waals surface area contributed by atoms with Crippen LogP contribution in [-0.2, 0) is 9.53 Å². The predicted molar refractivity (Wildman–Crippen MR) is 83.1 cm³/mol. The van der Waals surface area contributed by atoms with E-state index in [1.54, 1.807) is 0 Å². The fourth-order valence-electron chi connectivity index (χ4n) is 2.91. The van der Waals surface area contributed by atoms with E-state index in [2.05, 4.69) is 20.3 Å². The quantitative estimate of drug-likeness (QED) is 0.726. The number of nitrogens with one attached hydrogen (secondary N) is 2. The topological polar surface area (TPSA) is 106 Å². The summed E-state index contributed by atoms with van der Waals surface area (Å²) < 4.78 is 5.28. The summed E-state index contributed by atoms with van der Waals surface area (Å²) >= 11 is 0. The smallest absolute Gasteiger partial charge is 0.305 e. The van der Waals surface area contributed by atoms with Gasteiger partial charge in [0.25, 0.3) is 0 Å². The molecule has 0 saturated carbocycles. The molecule has 3 rings (SSSR count). The third-order valence-electron chi connectivity index (χ3n) is 4.04. The van der Waals surface area contributed by atoms with Crippen LogP contribution in [0.15, 0.2) is 12.5 Å². The van der Waals surface area contributed by atoms with Gasteiger partial charge in [-0.15, -0.1) is 0 Å². The van der Waals surface area contributed by atoms with Gasteiger partial charge < -0.3 is 20.8 Å². The number of rotatable bonds is 5. The number of nitrogens with two attached hydrogens (primary N) is 1. The molecule has 22 heavy (non-hydrogen) atoms. The summed E-state index contributed by atoms with van der Waals surface area (Å²) in [6.45, 7) is 2.39. The Hall–Kier alpha value is -2.15. The number of H-pyrrole nitrogens is 1. The zero-order chi connectivity index (χ0) is 15.5. The highest BCUT2D eigenvalue weighted by Gasteiger charge is 2.28. The fourth-order valence-corrected chi connectivity index (χ4v) is 2.91. The van der Waals surface area contributed by atoms with E-state index in [1.165, 1.54) is 6.33 Å². The molecule has 0 aromatic carbocycles. The number of esters is 1. The molecular formula is C15H21N5O2. The molecule has 2 aromatic heterocycles. The fraction of sp³-hybridized carbons (Fsp3) is 0.533. The van der Waals surface area contributed by atoms with Crippen molar-refractivity contribution in [2.45, 2.75) is 44.7 Å². The highest BCUT2D eigenvalue weighted by molar-refractivity contribution is 5.87. The van der Waals surface area contributed by atoms with Gasteiger partial charge in [0.1, 0.15) is 18.5 Å². The van der Waals surface area contributed by atoms with E-state index in [0.29, 0.717) is 18.8 Å². The van der Waals surface area contributed by atoms with Crippen molar-refractivity contribution in [2.24, 2.45) is 0 Å². The lowest BCUT2D eigenvalue weighted by Gasteiger charge is -2.14. The number of carbonyl (C=O) groups excluding carboxylic acids is 1. The van der Waals surface area contributed by atoms with E-state index in [-0.39, 0.29) is 18.1 Å². The largest absolute Gasteiger partial charge is 0.464 e. The summed E-state index contributed by atoms with van der Waals surface area (Å²) in [6.07, 6.45) is 6.65. The minimum Gasteiger partial charge on any atom is -0.464 e. The predicted octanol–water partition coefficient (Wildman–Crippen LogP) is 1.68. The van der Waals surface area contributed by atoms with Gasteiger partial charge in [-0.25, -0.2) is 9.97 Å². The van der Waals surface area contributed by atoms with E-state index < -0.39 is 0 Å². The number of hydrogen-bond acceptors (Lipinski definition) is 6. The molecule has 0 radical (unpaired) electrons. The number of anilines is 1. The van der Waals surface area contributed by atoms with Crippen LogP contribution in [0.4, 0.5) is 5.82 Å². The molecule has 3 heterocycles. The van der Waals surface area contributed by atoms with Crippen molar-refractivity contribution in [3.05, 3.63) is 18.1 Å². The molecule has 2 atom stereocenters. The van der Waals surface area contributed by atoms with Crippen molar-refractivity contribution in [3.8, 4) is 0 Å². The molecule has 0 bridgehead atoms. The van der Waals surface area contributed by atoms with Crippen molar-refractivity contribution in [2.75, 3.05) is 12.3 Å². The summed E-state index contributed by atoms with van der Waals surface area (Å²) in [7, 11) is 0. The van der Waals surface area contributed by atoms with Crippen LogP contribution in [0.3, 0.4) is 0 Å². The van der Waals surface area contributed by atoms with Gasteiger partial charge in [0.05, 0.1) is 5.52 Å². The third kappa shape index (κ3) is 2.89. The van der Waals surface area contributed by atoms with Crippen LogP contribution in [-0.4, -0.2) is 33.6 Å². The molecular weight excluding hydrogens is 282 g/mol. The maximum Gasteiger partial charge on any atom is 0.305 e. The van der Waals surface area contributed by atoms with Gasteiger partial charge in [0.2, 0.25) is 0 Å². The molecule has 1 aliphatic rings. The average Bonchev–Trinajstić information content (AvgIpc) is 3.12. The summed E-state index contributed by atoms with van der Waals surface area (Å²) in [5.41, 5.74) is 8.56. The van der Waals surface area contributed by atoms with Crippen LogP contribution < -0.4 is 11.1 Å². The van der Waals surface area contributed by atoms with Gasteiger partial charge in [0, 0.05) is 30.3 Å². The van der Waals surface area contributed by atoms with Crippen molar-refractivity contribution >= 4 is 22.8 Å². The first-order valence-electron chi connectivity index (χ1n) is 7.68. The van der Waals surface area contributed by atoms with Crippen LogP contribution in [0, 0.1) is 0 Å². The number of fused-ring (bicyclic) bond motifs is 1. The molecule has 7 heteroatoms. The Kier molecular flexibility index (Phi) is 4.24. The van der Waals surface area contributed by atoms with Crippen molar-refractivity contribution in [3.63, 3.8) is 0 Å². The molecule has 2 aromatic rings. The number of nitrogens with zero attached hydrogens (tertiary/aromatic N) is 2. The standard InChI is InChI=1S/C15H21N5O2/c1-2-3-12(21)22-7-9-4-5-11(20-9)10-6-17-14-13(10)18-8-19-15(14)16/h6,8-9,11,17,20H,2-5,7H2,1H3,(H2,16,18,19)/t9-,11+/m0/s1. The lowest BCUT2D eigenvalue weighted by molar-refractivity contribution is -0.144. The number of ether oxygens (including phenoxy) is 1. The average molecular weight is 303 g/mol. The molecule has 7 nitrogen and oxygen atoms in total. The highest BCUT2D eigenvalue weighted by Crippen LogP contribution is 2.31. The number of nitrogen functional groups attached to an aromatic ring is 1. The first kappa shape index (κ1) is 14.8. The first-order chi connectivity index (χ1) is 10.7. The normalized spacial score (nSPS) is 21.3. The summed E-state index contributed by atoms with van der Waals surface area (Å²) in [5, 5.41) is 3.50. The number of carbonyl (C=O) groups is 1. The zero-order valence-corrected chi connectivity index (χ0v) is 12.6. The molecule has 1 saturated heterocycles. The maximum atomic E-state index is 11.4. The zero-order valence-electron chi connectivity index (χ0n) is 12.6. The Bertz CT molecular complexity index is 669. The van der Waals surface area contributed by atoms with Crippen LogP contribution in [0.25, 0.3) is 11.0 Å². The Morgan fingerprint density at radius 2 is 2.32 bits per heavy atom. The van der Waals surface area contributed by atoms with E-state index in [9.17, 15) is 4.79 Å². The van der Waals surface area contributed by atoms with Crippen LogP contribution >= 0.6 is 0 Å². The van der Waals surface area contributed by atoms with Crippen molar-refractivity contribution in [1.82, 2.24) is 20.3 Å². The first-order valence-corrected chi connectivity index (χ1v) is 7.68. The van der Waals surface area contributed by atoms with Crippen molar-refractivity contribution in [1.29, 1.82) is 0 Å². The highest BCUT2D eigenvalue weighted by atomic mass is 16.5. The van der Waals surface area contributed by atoms with Gasteiger partial charge in [-0.3, -0.25) is 4.79 Å². The van der Waals surface area contributed by atoms with Gasteiger partial charge in [-0.1, -0.05) is 6.92 Å². The third-order valence-corrected chi connectivity index (χ3v) is 4.04. The van der Waals surface area contributed by atoms with Gasteiger partial charge >= 0.3 is 5.97 Å². The minimum absolute atomic E-state index is 0.125. The van der Waals surface area contributed by atoms with E-state index in [4.69, 9.17) is 10.5 Å². The monoisotopic (exact) mass is 303 g/mol. The van der Waals surface area contributed by atoms with E-state index in [0.717, 1.165) is 35.9 Å². The maximum absolute atomic E-state index is 11.4. The Morgan fingerprint density at radius 1 is 1.45 bits per heavy atom. The van der Waals surface area contributed by atoms with Gasteiger partial charge in [0.15, 0.2) is 5.82 Å². The molecule has 0 unspecified atom stereocenters. The molecule has 0 amide bonds. The van der Waals surface area contributed by atoms with Crippen LogP contribution in [0.2, 0.25) is 0 Å². The van der Waals surface area contributed by atoms with Gasteiger partial charge in [-0.2, -0.15) is 0 Å². The summed E-state index contributed by atoms with van der Waals surface area (Å²) in [4.78, 5) is 22.9.